The highest BCUT2D eigenvalue weighted by Gasteiger charge is 2.42. The molecule has 2 heterocycles. The summed E-state index contributed by atoms with van der Waals surface area (Å²) in [7, 11) is 0. The number of hydrogen-bond acceptors (Lipinski definition) is 5. The lowest BCUT2D eigenvalue weighted by atomic mass is 9.99. The number of halogens is 3. The van der Waals surface area contributed by atoms with Gasteiger partial charge in [0, 0.05) is 13.0 Å². The Balaban J connectivity index is 1.89. The lowest BCUT2D eigenvalue weighted by molar-refractivity contribution is -0.130. The Morgan fingerprint density at radius 2 is 1.83 bits per heavy atom. The molecule has 7 nitrogen and oxygen atoms in total. The largest absolute Gasteiger partial charge is 0.444 e. The highest BCUT2D eigenvalue weighted by Crippen LogP contribution is 2.38. The number of amides is 1. The van der Waals surface area contributed by atoms with Gasteiger partial charge in [0.25, 0.3) is 12.0 Å². The summed E-state index contributed by atoms with van der Waals surface area (Å²) in [6.45, 7) is 5.15. The monoisotopic (exact) mass is 517 g/mol. The summed E-state index contributed by atoms with van der Waals surface area (Å²) >= 11 is 6.35. The van der Waals surface area contributed by atoms with E-state index in [0.717, 1.165) is 0 Å². The molecule has 0 radical (unpaired) electrons. The van der Waals surface area contributed by atoms with Gasteiger partial charge in [0.1, 0.15) is 11.4 Å². The van der Waals surface area contributed by atoms with E-state index in [0.29, 0.717) is 11.2 Å². The van der Waals surface area contributed by atoms with E-state index in [4.69, 9.17) is 21.3 Å². The number of para-hydroxylation sites is 1. The van der Waals surface area contributed by atoms with Gasteiger partial charge in [-0.05, 0) is 57.4 Å². The first-order chi connectivity index (χ1) is 17.0. The fraction of sp³-hybridized carbons (Fsp3) is 0.385. The molecule has 1 aliphatic heterocycles. The Kier molecular flexibility index (Phi) is 7.13. The molecular weight excluding hydrogens is 492 g/mol. The molecule has 0 bridgehead atoms. The molecule has 2 atom stereocenters. The number of rotatable bonds is 5. The van der Waals surface area contributed by atoms with Crippen LogP contribution in [0, 0.1) is 5.92 Å². The number of benzene rings is 2. The zero-order valence-corrected chi connectivity index (χ0v) is 20.8. The van der Waals surface area contributed by atoms with Gasteiger partial charge in [-0.3, -0.25) is 19.1 Å². The summed E-state index contributed by atoms with van der Waals surface area (Å²) < 4.78 is 33.0. The van der Waals surface area contributed by atoms with Crippen LogP contribution in [0.3, 0.4) is 0 Å². The molecule has 0 spiro atoms. The van der Waals surface area contributed by atoms with E-state index in [9.17, 15) is 23.2 Å². The van der Waals surface area contributed by atoms with Gasteiger partial charge in [0.05, 0.1) is 27.7 Å². The normalized spacial score (nSPS) is 18.1. The van der Waals surface area contributed by atoms with Gasteiger partial charge in [-0.15, -0.1) is 0 Å². The molecular formula is C26H26ClF2N3O4. The maximum Gasteiger partial charge on any atom is 0.410 e. The number of hydrogen-bond donors (Lipinski definition) is 0. The second-order valence-electron chi connectivity index (χ2n) is 9.80. The molecule has 10 heteroatoms. The average molecular weight is 518 g/mol. The molecule has 1 aliphatic rings. The minimum absolute atomic E-state index is 0.0102. The summed E-state index contributed by atoms with van der Waals surface area (Å²) in [6.07, 6.45) is -4.02. The number of fused-ring (bicyclic) bond motifs is 1. The Morgan fingerprint density at radius 3 is 2.47 bits per heavy atom. The van der Waals surface area contributed by atoms with Crippen molar-refractivity contribution in [3.63, 3.8) is 0 Å². The van der Waals surface area contributed by atoms with Crippen LogP contribution in [-0.4, -0.2) is 44.9 Å². The summed E-state index contributed by atoms with van der Waals surface area (Å²) in [5, 5.41) is 0.454. The van der Waals surface area contributed by atoms with E-state index in [2.05, 4.69) is 0 Å². The van der Waals surface area contributed by atoms with Crippen molar-refractivity contribution in [2.24, 2.45) is 5.92 Å². The fourth-order valence-corrected chi connectivity index (χ4v) is 4.72. The molecule has 36 heavy (non-hydrogen) atoms. The van der Waals surface area contributed by atoms with Crippen molar-refractivity contribution in [3.8, 4) is 5.69 Å². The third-order valence-corrected chi connectivity index (χ3v) is 6.25. The number of alkyl halides is 2. The Hall–Kier alpha value is -3.33. The van der Waals surface area contributed by atoms with Gasteiger partial charge >= 0.3 is 6.09 Å². The van der Waals surface area contributed by atoms with E-state index in [-0.39, 0.29) is 29.2 Å². The first kappa shape index (κ1) is 25.8. The van der Waals surface area contributed by atoms with Gasteiger partial charge < -0.3 is 4.74 Å². The SMILES string of the molecule is CC(C)(C)OC(=O)N1C[C@H](CC(=O)C(F)F)C[C@H]1c1nc2cccc(Cl)c2c(=O)n1-c1ccccc1. The minimum atomic E-state index is -3.09. The topological polar surface area (TPSA) is 81.5 Å². The molecule has 1 aromatic heterocycles. The van der Waals surface area contributed by atoms with Gasteiger partial charge in [0.15, 0.2) is 5.78 Å². The van der Waals surface area contributed by atoms with Crippen molar-refractivity contribution in [2.45, 2.75) is 51.7 Å². The van der Waals surface area contributed by atoms with Crippen LogP contribution in [-0.2, 0) is 9.53 Å². The molecule has 190 valence electrons. The number of carbonyl (C=O) groups excluding carboxylic acids is 2. The third-order valence-electron chi connectivity index (χ3n) is 5.93. The van der Waals surface area contributed by atoms with E-state index in [1.165, 1.54) is 9.47 Å². The number of likely N-dealkylation sites (tertiary alicyclic amines) is 1. The van der Waals surface area contributed by atoms with Crippen molar-refractivity contribution < 1.29 is 23.1 Å². The van der Waals surface area contributed by atoms with Crippen LogP contribution in [0.25, 0.3) is 16.6 Å². The maximum absolute atomic E-state index is 13.7. The standard InChI is InChI=1S/C26H26ClF2N3O4/c1-26(2,3)36-25(35)31-14-15(13-20(33)22(28)29)12-19(31)23-30-18-11-7-10-17(27)21(18)24(34)32(23)16-8-5-4-6-9-16/h4-11,15,19,22H,12-14H2,1-3H3/t15-,19-/m0/s1. The first-order valence-electron chi connectivity index (χ1n) is 11.5. The molecule has 1 fully saturated rings. The smallest absolute Gasteiger partial charge is 0.410 e. The van der Waals surface area contributed by atoms with Gasteiger partial charge in [0.2, 0.25) is 0 Å². The van der Waals surface area contributed by atoms with Gasteiger partial charge in [-0.2, -0.15) is 0 Å². The first-order valence-corrected chi connectivity index (χ1v) is 11.9. The minimum Gasteiger partial charge on any atom is -0.444 e. The zero-order chi connectivity index (χ0) is 26.2. The van der Waals surface area contributed by atoms with Crippen molar-refractivity contribution >= 4 is 34.4 Å². The summed E-state index contributed by atoms with van der Waals surface area (Å²) in [4.78, 5) is 44.9. The molecule has 0 saturated carbocycles. The van der Waals surface area contributed by atoms with Gasteiger partial charge in [-0.1, -0.05) is 35.9 Å². The van der Waals surface area contributed by atoms with Crippen LogP contribution in [0.2, 0.25) is 5.02 Å². The Morgan fingerprint density at radius 1 is 1.14 bits per heavy atom. The lowest BCUT2D eigenvalue weighted by Gasteiger charge is -2.29. The van der Waals surface area contributed by atoms with Crippen molar-refractivity contribution in [3.05, 3.63) is 69.7 Å². The molecule has 1 amide bonds. The van der Waals surface area contributed by atoms with Crippen LogP contribution < -0.4 is 5.56 Å². The number of nitrogens with zero attached hydrogens (tertiary/aromatic N) is 3. The van der Waals surface area contributed by atoms with Crippen LogP contribution in [0.5, 0.6) is 0 Å². The van der Waals surface area contributed by atoms with Crippen molar-refractivity contribution in [1.29, 1.82) is 0 Å². The molecule has 2 aromatic carbocycles. The summed E-state index contributed by atoms with van der Waals surface area (Å²) in [5.74, 6) is -1.51. The predicted molar refractivity (Wildman–Crippen MR) is 132 cm³/mol. The number of Topliss-reactive ketones (excluding diaryl/α,β-unsaturated/α-hetero) is 1. The Labute approximate surface area is 211 Å². The molecule has 3 aromatic rings. The fourth-order valence-electron chi connectivity index (χ4n) is 4.47. The second kappa shape index (κ2) is 9.97. The lowest BCUT2D eigenvalue weighted by Crippen LogP contribution is -2.39. The molecule has 4 rings (SSSR count). The number of ether oxygens (including phenoxy) is 1. The van der Waals surface area contributed by atoms with E-state index >= 15 is 0 Å². The summed E-state index contributed by atoms with van der Waals surface area (Å²) in [6, 6.07) is 12.9. The van der Waals surface area contributed by atoms with E-state index in [1.807, 2.05) is 0 Å². The molecule has 0 N–H and O–H groups in total. The van der Waals surface area contributed by atoms with Crippen LogP contribution in [0.1, 0.15) is 45.5 Å². The molecule has 0 aliphatic carbocycles. The van der Waals surface area contributed by atoms with Crippen LogP contribution in [0.15, 0.2) is 53.3 Å². The van der Waals surface area contributed by atoms with Gasteiger partial charge in [-0.25, -0.2) is 18.6 Å². The molecule has 1 saturated heterocycles. The highest BCUT2D eigenvalue weighted by molar-refractivity contribution is 6.35. The van der Waals surface area contributed by atoms with E-state index < -0.39 is 47.8 Å². The number of ketones is 1. The number of aromatic nitrogens is 2. The zero-order valence-electron chi connectivity index (χ0n) is 20.1. The van der Waals surface area contributed by atoms with Crippen molar-refractivity contribution in [2.75, 3.05) is 6.54 Å². The number of carbonyl (C=O) groups is 2. The Bertz CT molecular complexity index is 1360. The highest BCUT2D eigenvalue weighted by atomic mass is 35.5. The van der Waals surface area contributed by atoms with E-state index in [1.54, 1.807) is 69.3 Å². The third kappa shape index (κ3) is 5.26. The predicted octanol–water partition coefficient (Wildman–Crippen LogP) is 5.56. The second-order valence-corrected chi connectivity index (χ2v) is 10.2. The quantitative estimate of drug-likeness (QED) is 0.442. The van der Waals surface area contributed by atoms with Crippen LogP contribution in [0.4, 0.5) is 13.6 Å². The maximum atomic E-state index is 13.7. The van der Waals surface area contributed by atoms with Crippen molar-refractivity contribution in [1.82, 2.24) is 14.5 Å². The average Bonchev–Trinajstić information content (AvgIpc) is 3.22. The van der Waals surface area contributed by atoms with Crippen LogP contribution >= 0.6 is 11.6 Å². The summed E-state index contributed by atoms with van der Waals surface area (Å²) in [5.41, 5.74) is -0.404. The molecule has 0 unspecified atom stereocenters.